The number of fused-ring (bicyclic) bond motifs is 3. The van der Waals surface area contributed by atoms with E-state index in [-0.39, 0.29) is 12.2 Å². The number of benzene rings is 3. The van der Waals surface area contributed by atoms with E-state index in [1.807, 2.05) is 72.4 Å². The molecule has 2 aromatic heterocycles. The Hall–Kier alpha value is -4.72. The third-order valence-electron chi connectivity index (χ3n) is 7.22. The Morgan fingerprint density at radius 2 is 1.77 bits per heavy atom. The van der Waals surface area contributed by atoms with Crippen molar-refractivity contribution in [1.82, 2.24) is 19.2 Å². The molecule has 6 rings (SSSR count). The van der Waals surface area contributed by atoms with Crippen molar-refractivity contribution < 1.29 is 13.6 Å². The summed E-state index contributed by atoms with van der Waals surface area (Å²) < 4.78 is 32.4. The minimum Gasteiger partial charge on any atom is -0.307 e. The van der Waals surface area contributed by atoms with Crippen LogP contribution in [-0.4, -0.2) is 25.3 Å². The van der Waals surface area contributed by atoms with Gasteiger partial charge in [-0.2, -0.15) is 5.10 Å². The summed E-state index contributed by atoms with van der Waals surface area (Å²) in [5.74, 6) is -0.507. The maximum absolute atomic E-state index is 14.5. The fraction of sp³-hybridized carbons (Fsp3) is 0.161. The second-order valence-corrected chi connectivity index (χ2v) is 9.62. The molecule has 6 nitrogen and oxygen atoms in total. The van der Waals surface area contributed by atoms with Crippen LogP contribution in [0.3, 0.4) is 0 Å². The van der Waals surface area contributed by atoms with Crippen LogP contribution in [0, 0.1) is 18.6 Å². The van der Waals surface area contributed by atoms with E-state index in [0.717, 1.165) is 58.6 Å². The summed E-state index contributed by atoms with van der Waals surface area (Å²) in [7, 11) is 0. The van der Waals surface area contributed by atoms with Crippen molar-refractivity contribution in [2.24, 2.45) is 0 Å². The van der Waals surface area contributed by atoms with Gasteiger partial charge in [0.1, 0.15) is 17.5 Å². The number of aromatic nitrogens is 3. The number of hydrogen-bond acceptors (Lipinski definition) is 2. The predicted octanol–water partition coefficient (Wildman–Crippen LogP) is 6.95. The third-order valence-corrected chi connectivity index (χ3v) is 7.22. The molecule has 0 saturated carbocycles. The molecule has 1 unspecified atom stereocenters. The highest BCUT2D eigenvalue weighted by Crippen LogP contribution is 2.39. The van der Waals surface area contributed by atoms with Crippen LogP contribution >= 0.6 is 0 Å². The van der Waals surface area contributed by atoms with Gasteiger partial charge in [0, 0.05) is 17.8 Å². The average molecular weight is 524 g/mol. The minimum atomic E-state index is -0.708. The Balaban J connectivity index is 1.53. The average Bonchev–Trinajstić information content (AvgIpc) is 3.51. The number of nitrogens with one attached hydrogen (secondary N) is 1. The van der Waals surface area contributed by atoms with Crippen molar-refractivity contribution in [2.75, 3.05) is 5.32 Å². The summed E-state index contributed by atoms with van der Waals surface area (Å²) in [4.78, 5) is 15.6. The summed E-state index contributed by atoms with van der Waals surface area (Å²) in [6, 6.07) is 23.9. The van der Waals surface area contributed by atoms with Gasteiger partial charge in [-0.1, -0.05) is 49.4 Å². The van der Waals surface area contributed by atoms with Gasteiger partial charge in [0.25, 0.3) is 0 Å². The summed E-state index contributed by atoms with van der Waals surface area (Å²) >= 11 is 0. The highest BCUT2D eigenvalue weighted by atomic mass is 19.1. The van der Waals surface area contributed by atoms with E-state index in [9.17, 15) is 13.6 Å². The van der Waals surface area contributed by atoms with E-state index >= 15 is 0 Å². The van der Waals surface area contributed by atoms with E-state index in [2.05, 4.69) is 28.9 Å². The van der Waals surface area contributed by atoms with E-state index < -0.39 is 23.7 Å². The SMILES string of the molecule is CCc1ccc(C2c3cccn3-c3c(c(C)nn3-c3ccccc3)CN2C(=O)Nc2cc(F)ccc2F)cc1. The molecule has 0 spiro atoms. The fourth-order valence-electron chi connectivity index (χ4n) is 5.22. The number of para-hydroxylation sites is 1. The largest absolute Gasteiger partial charge is 0.323 e. The van der Waals surface area contributed by atoms with Crippen molar-refractivity contribution in [1.29, 1.82) is 0 Å². The molecular formula is C31H27F2N5O. The Labute approximate surface area is 225 Å². The standard InChI is InChI=1S/C31H27F2N5O/c1-3-21-11-13-22(14-12-21)29-28-10-7-17-36(28)30-25(20(2)35-38(30)24-8-5-4-6-9-24)19-37(29)31(39)34-27-18-23(32)15-16-26(27)33/h4-18,29H,3,19H2,1-2H3,(H,34,39). The number of halogens is 2. The zero-order valence-electron chi connectivity index (χ0n) is 21.6. The molecule has 5 aromatic rings. The van der Waals surface area contributed by atoms with E-state index in [4.69, 9.17) is 5.10 Å². The minimum absolute atomic E-state index is 0.207. The topological polar surface area (TPSA) is 55.1 Å². The smallest absolute Gasteiger partial charge is 0.307 e. The molecule has 1 atom stereocenters. The van der Waals surface area contributed by atoms with Gasteiger partial charge in [-0.05, 0) is 60.9 Å². The molecule has 196 valence electrons. The first-order valence-electron chi connectivity index (χ1n) is 12.9. The van der Waals surface area contributed by atoms with Crippen LogP contribution in [0.25, 0.3) is 11.5 Å². The highest BCUT2D eigenvalue weighted by Gasteiger charge is 2.36. The fourth-order valence-corrected chi connectivity index (χ4v) is 5.22. The molecule has 0 aliphatic carbocycles. The molecule has 0 fully saturated rings. The van der Waals surface area contributed by atoms with Crippen LogP contribution in [0.1, 0.15) is 41.0 Å². The van der Waals surface area contributed by atoms with Crippen LogP contribution in [0.4, 0.5) is 19.3 Å². The van der Waals surface area contributed by atoms with Gasteiger partial charge in [-0.25, -0.2) is 18.3 Å². The lowest BCUT2D eigenvalue weighted by Gasteiger charge is -2.31. The van der Waals surface area contributed by atoms with Crippen molar-refractivity contribution >= 4 is 11.7 Å². The first-order valence-corrected chi connectivity index (χ1v) is 12.9. The third kappa shape index (κ3) is 4.37. The number of nitrogens with zero attached hydrogens (tertiary/aromatic N) is 4. The van der Waals surface area contributed by atoms with Gasteiger partial charge in [-0.15, -0.1) is 0 Å². The van der Waals surface area contributed by atoms with Crippen molar-refractivity contribution in [3.8, 4) is 11.5 Å². The molecule has 0 bridgehead atoms. The zero-order valence-corrected chi connectivity index (χ0v) is 21.6. The van der Waals surface area contributed by atoms with Gasteiger partial charge in [0.15, 0.2) is 0 Å². The first-order chi connectivity index (χ1) is 18.9. The number of anilines is 1. The molecule has 0 radical (unpaired) electrons. The normalized spacial score (nSPS) is 14.5. The monoisotopic (exact) mass is 523 g/mol. The van der Waals surface area contributed by atoms with E-state index in [1.54, 1.807) is 4.90 Å². The molecule has 3 aromatic carbocycles. The van der Waals surface area contributed by atoms with Gasteiger partial charge >= 0.3 is 6.03 Å². The second-order valence-electron chi connectivity index (χ2n) is 9.62. The lowest BCUT2D eigenvalue weighted by Crippen LogP contribution is -2.38. The Kier molecular flexibility index (Phi) is 6.23. The van der Waals surface area contributed by atoms with Crippen LogP contribution in [0.15, 0.2) is 91.1 Å². The molecule has 1 aliphatic heterocycles. The highest BCUT2D eigenvalue weighted by molar-refractivity contribution is 5.90. The molecule has 1 N–H and O–H groups in total. The second kappa shape index (κ2) is 9.87. The number of amides is 2. The number of aryl methyl sites for hydroxylation is 2. The molecule has 3 heterocycles. The van der Waals surface area contributed by atoms with Crippen molar-refractivity contribution in [3.63, 3.8) is 0 Å². The van der Waals surface area contributed by atoms with Gasteiger partial charge in [-0.3, -0.25) is 0 Å². The summed E-state index contributed by atoms with van der Waals surface area (Å²) in [6.45, 7) is 4.21. The number of urea groups is 1. The van der Waals surface area contributed by atoms with Gasteiger partial charge in [0.2, 0.25) is 0 Å². The van der Waals surface area contributed by atoms with E-state index in [0.29, 0.717) is 0 Å². The summed E-state index contributed by atoms with van der Waals surface area (Å²) in [6.07, 6.45) is 2.86. The van der Waals surface area contributed by atoms with Crippen LogP contribution in [0.2, 0.25) is 0 Å². The molecule has 8 heteroatoms. The summed E-state index contributed by atoms with van der Waals surface area (Å²) in [5, 5.41) is 7.45. The summed E-state index contributed by atoms with van der Waals surface area (Å²) in [5.41, 5.74) is 5.25. The van der Waals surface area contributed by atoms with E-state index in [1.165, 1.54) is 5.56 Å². The molecule has 2 amide bonds. The zero-order chi connectivity index (χ0) is 27.1. The number of rotatable bonds is 4. The van der Waals surface area contributed by atoms with Crippen LogP contribution in [-0.2, 0) is 13.0 Å². The molecule has 0 saturated heterocycles. The maximum atomic E-state index is 14.5. The van der Waals surface area contributed by atoms with Crippen LogP contribution < -0.4 is 5.32 Å². The maximum Gasteiger partial charge on any atom is 0.323 e. The quantitative estimate of drug-likeness (QED) is 0.277. The number of carbonyl (C=O) groups is 1. The first kappa shape index (κ1) is 24.6. The van der Waals surface area contributed by atoms with Crippen molar-refractivity contribution in [2.45, 2.75) is 32.9 Å². The Morgan fingerprint density at radius 3 is 2.51 bits per heavy atom. The number of hydrogen-bond donors (Lipinski definition) is 1. The number of carbonyl (C=O) groups excluding carboxylic acids is 1. The molecule has 39 heavy (non-hydrogen) atoms. The van der Waals surface area contributed by atoms with Crippen molar-refractivity contribution in [3.05, 3.63) is 131 Å². The van der Waals surface area contributed by atoms with Crippen LogP contribution in [0.5, 0.6) is 0 Å². The van der Waals surface area contributed by atoms with Gasteiger partial charge in [0.05, 0.1) is 35.3 Å². The predicted molar refractivity (Wildman–Crippen MR) is 146 cm³/mol. The Morgan fingerprint density at radius 1 is 1.00 bits per heavy atom. The lowest BCUT2D eigenvalue weighted by molar-refractivity contribution is 0.194. The molecular weight excluding hydrogens is 496 g/mol. The van der Waals surface area contributed by atoms with Gasteiger partial charge < -0.3 is 14.8 Å². The molecule has 1 aliphatic rings. The Bertz CT molecular complexity index is 1660. The lowest BCUT2D eigenvalue weighted by atomic mass is 9.99.